The van der Waals surface area contributed by atoms with Crippen LogP contribution in [0.2, 0.25) is 0 Å². The van der Waals surface area contributed by atoms with Gasteiger partial charge in [-0.25, -0.2) is 9.67 Å². The first-order valence-corrected chi connectivity index (χ1v) is 8.13. The highest BCUT2D eigenvalue weighted by molar-refractivity contribution is 6.08. The number of aryl methyl sites for hydroxylation is 3. The first-order valence-electron chi connectivity index (χ1n) is 8.13. The van der Waals surface area contributed by atoms with E-state index in [-0.39, 0.29) is 5.91 Å². The van der Waals surface area contributed by atoms with Gasteiger partial charge in [0.15, 0.2) is 11.5 Å². The Balaban J connectivity index is 1.78. The van der Waals surface area contributed by atoms with Gasteiger partial charge < -0.3 is 5.32 Å². The van der Waals surface area contributed by atoms with E-state index >= 15 is 0 Å². The Morgan fingerprint density at radius 2 is 1.72 bits per heavy atom. The van der Waals surface area contributed by atoms with E-state index in [1.54, 1.807) is 4.68 Å². The maximum Gasteiger partial charge on any atom is 0.256 e. The van der Waals surface area contributed by atoms with E-state index in [2.05, 4.69) is 21.5 Å². The Bertz CT molecular complexity index is 1110. The summed E-state index contributed by atoms with van der Waals surface area (Å²) in [7, 11) is 1.83. The average molecular weight is 330 g/mol. The van der Waals surface area contributed by atoms with Gasteiger partial charge in [0.05, 0.1) is 10.9 Å². The van der Waals surface area contributed by atoms with Crippen molar-refractivity contribution in [1.82, 2.24) is 14.8 Å². The van der Waals surface area contributed by atoms with Crippen LogP contribution in [0.3, 0.4) is 0 Å². The van der Waals surface area contributed by atoms with Crippen LogP contribution in [0.15, 0.2) is 48.5 Å². The number of hydrogen-bond acceptors (Lipinski definition) is 3. The highest BCUT2D eigenvalue weighted by Gasteiger charge is 2.15. The van der Waals surface area contributed by atoms with Crippen LogP contribution in [0.5, 0.6) is 0 Å². The number of amides is 1. The summed E-state index contributed by atoms with van der Waals surface area (Å²) >= 11 is 0. The minimum Gasteiger partial charge on any atom is -0.305 e. The number of pyridine rings is 1. The minimum absolute atomic E-state index is 0.177. The van der Waals surface area contributed by atoms with E-state index in [0.29, 0.717) is 11.4 Å². The molecule has 5 nitrogen and oxygen atoms in total. The van der Waals surface area contributed by atoms with Crippen LogP contribution in [-0.4, -0.2) is 20.7 Å². The molecule has 2 aromatic carbocycles. The van der Waals surface area contributed by atoms with Gasteiger partial charge in [0.1, 0.15) is 0 Å². The van der Waals surface area contributed by atoms with Gasteiger partial charge in [-0.3, -0.25) is 4.79 Å². The number of nitrogens with one attached hydrogen (secondary N) is 1. The minimum atomic E-state index is -0.177. The van der Waals surface area contributed by atoms with Crippen LogP contribution in [0.4, 0.5) is 5.82 Å². The van der Waals surface area contributed by atoms with Gasteiger partial charge in [-0.1, -0.05) is 29.3 Å². The monoisotopic (exact) mass is 330 g/mol. The average Bonchev–Trinajstić information content (AvgIpc) is 2.88. The predicted molar refractivity (Wildman–Crippen MR) is 99.9 cm³/mol. The maximum atomic E-state index is 12.5. The zero-order chi connectivity index (χ0) is 17.6. The van der Waals surface area contributed by atoms with Crippen molar-refractivity contribution < 1.29 is 4.79 Å². The summed E-state index contributed by atoms with van der Waals surface area (Å²) in [6.07, 6.45) is 0. The second-order valence-corrected chi connectivity index (χ2v) is 6.35. The van der Waals surface area contributed by atoms with Crippen LogP contribution >= 0.6 is 0 Å². The highest BCUT2D eigenvalue weighted by Crippen LogP contribution is 2.26. The topological polar surface area (TPSA) is 59.8 Å². The number of rotatable bonds is 2. The molecule has 0 fully saturated rings. The number of carbonyl (C=O) groups excluding carboxylic acids is 1. The molecule has 0 atom stereocenters. The summed E-state index contributed by atoms with van der Waals surface area (Å²) in [5.74, 6) is 0.350. The lowest BCUT2D eigenvalue weighted by molar-refractivity contribution is 0.102. The summed E-state index contributed by atoms with van der Waals surface area (Å²) in [5, 5.41) is 9.22. The van der Waals surface area contributed by atoms with E-state index in [0.717, 1.165) is 27.5 Å². The molecule has 25 heavy (non-hydrogen) atoms. The third kappa shape index (κ3) is 2.74. The van der Waals surface area contributed by atoms with Gasteiger partial charge in [-0.2, -0.15) is 5.10 Å². The largest absolute Gasteiger partial charge is 0.305 e. The van der Waals surface area contributed by atoms with Crippen LogP contribution in [0, 0.1) is 13.8 Å². The van der Waals surface area contributed by atoms with E-state index in [4.69, 9.17) is 0 Å². The van der Waals surface area contributed by atoms with Crippen molar-refractivity contribution in [1.29, 1.82) is 0 Å². The van der Waals surface area contributed by atoms with Crippen LogP contribution in [0.25, 0.3) is 21.9 Å². The second-order valence-electron chi connectivity index (χ2n) is 6.35. The van der Waals surface area contributed by atoms with Gasteiger partial charge in [-0.15, -0.1) is 0 Å². The normalized spacial score (nSPS) is 11.2. The second kappa shape index (κ2) is 5.70. The lowest BCUT2D eigenvalue weighted by Gasteiger charge is -2.04. The summed E-state index contributed by atoms with van der Waals surface area (Å²) in [5.41, 5.74) is 4.55. The Hall–Kier alpha value is -3.21. The third-order valence-corrected chi connectivity index (χ3v) is 4.31. The molecule has 124 valence electrons. The summed E-state index contributed by atoms with van der Waals surface area (Å²) in [4.78, 5) is 17.2. The van der Waals surface area contributed by atoms with Crippen LogP contribution < -0.4 is 5.32 Å². The number of hydrogen-bond donors (Lipinski definition) is 1. The Kier molecular flexibility index (Phi) is 3.50. The number of aromatic nitrogens is 3. The third-order valence-electron chi connectivity index (χ3n) is 4.31. The summed E-state index contributed by atoms with van der Waals surface area (Å²) < 4.78 is 1.69. The van der Waals surface area contributed by atoms with Crippen molar-refractivity contribution in [2.75, 3.05) is 5.32 Å². The number of nitrogens with zero attached hydrogens (tertiary/aromatic N) is 3. The molecule has 0 saturated heterocycles. The maximum absolute atomic E-state index is 12.5. The molecule has 4 rings (SSSR count). The molecular weight excluding hydrogens is 312 g/mol. The lowest BCUT2D eigenvalue weighted by atomic mass is 10.1. The van der Waals surface area contributed by atoms with Crippen molar-refractivity contribution in [2.24, 2.45) is 7.05 Å². The van der Waals surface area contributed by atoms with Crippen LogP contribution in [0.1, 0.15) is 21.5 Å². The molecule has 5 heteroatoms. The molecule has 0 bridgehead atoms. The molecule has 0 unspecified atom stereocenters. The van der Waals surface area contributed by atoms with Crippen molar-refractivity contribution in [3.63, 3.8) is 0 Å². The molecular formula is C20H18N4O. The van der Waals surface area contributed by atoms with Gasteiger partial charge in [0, 0.05) is 18.0 Å². The van der Waals surface area contributed by atoms with E-state index < -0.39 is 0 Å². The van der Waals surface area contributed by atoms with Gasteiger partial charge in [0.25, 0.3) is 5.91 Å². The smallest absolute Gasteiger partial charge is 0.256 e. The molecule has 0 aliphatic rings. The number of fused-ring (bicyclic) bond motifs is 2. The number of anilines is 1. The Labute approximate surface area is 145 Å². The molecule has 1 N–H and O–H groups in total. The van der Waals surface area contributed by atoms with E-state index in [1.165, 1.54) is 5.56 Å². The molecule has 0 radical (unpaired) electrons. The molecule has 1 amide bonds. The van der Waals surface area contributed by atoms with Crippen molar-refractivity contribution >= 4 is 33.7 Å². The van der Waals surface area contributed by atoms with Gasteiger partial charge >= 0.3 is 0 Å². The zero-order valence-electron chi connectivity index (χ0n) is 14.4. The van der Waals surface area contributed by atoms with Crippen molar-refractivity contribution in [3.8, 4) is 0 Å². The number of benzene rings is 2. The molecule has 0 aliphatic heterocycles. The first-order chi connectivity index (χ1) is 12.0. The molecule has 2 aromatic heterocycles. The van der Waals surface area contributed by atoms with Crippen molar-refractivity contribution in [2.45, 2.75) is 13.8 Å². The zero-order valence-corrected chi connectivity index (χ0v) is 14.4. The standard InChI is InChI=1S/C20H18N4O/c1-12-4-7-14(8-5-12)20(25)22-18-16-11-15-10-13(2)6-9-17(15)21-19(16)24(3)23-18/h4-11H,1-3H3,(H,22,23,25). The fourth-order valence-electron chi connectivity index (χ4n) is 2.93. The van der Waals surface area contributed by atoms with Gasteiger partial charge in [0.2, 0.25) is 0 Å². The molecule has 0 spiro atoms. The molecule has 2 heterocycles. The fraction of sp³-hybridized carbons (Fsp3) is 0.150. The summed E-state index contributed by atoms with van der Waals surface area (Å²) in [6, 6.07) is 15.6. The first kappa shape index (κ1) is 15.3. The Morgan fingerprint density at radius 1 is 1.00 bits per heavy atom. The quantitative estimate of drug-likeness (QED) is 0.604. The van der Waals surface area contributed by atoms with E-state index in [9.17, 15) is 4.79 Å². The SMILES string of the molecule is Cc1ccc(C(=O)Nc2nn(C)c3nc4ccc(C)cc4cc23)cc1. The summed E-state index contributed by atoms with van der Waals surface area (Å²) in [6.45, 7) is 4.04. The predicted octanol–water partition coefficient (Wildman–Crippen LogP) is 3.99. The van der Waals surface area contributed by atoms with Crippen LogP contribution in [-0.2, 0) is 7.05 Å². The van der Waals surface area contributed by atoms with Crippen molar-refractivity contribution in [3.05, 3.63) is 65.2 Å². The molecule has 0 saturated carbocycles. The van der Waals surface area contributed by atoms with Gasteiger partial charge in [-0.05, 0) is 44.2 Å². The fourth-order valence-corrected chi connectivity index (χ4v) is 2.93. The number of carbonyl (C=O) groups is 1. The Morgan fingerprint density at radius 3 is 2.48 bits per heavy atom. The van der Waals surface area contributed by atoms with E-state index in [1.807, 2.05) is 63.4 Å². The lowest BCUT2D eigenvalue weighted by Crippen LogP contribution is -2.12. The highest BCUT2D eigenvalue weighted by atomic mass is 16.1. The molecule has 0 aliphatic carbocycles. The molecule has 4 aromatic rings.